The van der Waals surface area contributed by atoms with E-state index in [4.69, 9.17) is 0 Å². The summed E-state index contributed by atoms with van der Waals surface area (Å²) in [6, 6.07) is 2.68. The largest absolute Gasteiger partial charge is 0.338 e. The highest BCUT2D eigenvalue weighted by Gasteiger charge is 2.28. The quantitative estimate of drug-likeness (QED) is 0.908. The first kappa shape index (κ1) is 17.7. The number of hydrogen-bond acceptors (Lipinski definition) is 3. The lowest BCUT2D eigenvalue weighted by Crippen LogP contribution is -2.41. The van der Waals surface area contributed by atoms with Gasteiger partial charge in [-0.05, 0) is 37.0 Å². The minimum absolute atomic E-state index is 0.0732. The molecule has 0 spiro atoms. The third-order valence-corrected chi connectivity index (χ3v) is 6.03. The number of rotatable bonds is 4. The molecule has 8 heteroatoms. The molecule has 0 aromatic heterocycles. The number of hydrogen-bond donors (Lipinski definition) is 1. The molecule has 5 nitrogen and oxygen atoms in total. The molecule has 1 fully saturated rings. The van der Waals surface area contributed by atoms with Crippen LogP contribution in [0.25, 0.3) is 0 Å². The monoisotopic (exact) mass is 346 g/mol. The first-order chi connectivity index (χ1) is 10.7. The van der Waals surface area contributed by atoms with E-state index in [0.717, 1.165) is 12.1 Å². The lowest BCUT2D eigenvalue weighted by Gasteiger charge is -2.26. The van der Waals surface area contributed by atoms with Crippen LogP contribution in [0.1, 0.15) is 24.9 Å². The van der Waals surface area contributed by atoms with Gasteiger partial charge in [0.05, 0.1) is 17.5 Å². The molecule has 23 heavy (non-hydrogen) atoms. The Bertz CT molecular complexity index is 694. The fourth-order valence-electron chi connectivity index (χ4n) is 2.56. The van der Waals surface area contributed by atoms with Gasteiger partial charge in [-0.2, -0.15) is 0 Å². The Kier molecular flexibility index (Phi) is 5.23. The predicted molar refractivity (Wildman–Crippen MR) is 82.7 cm³/mol. The van der Waals surface area contributed by atoms with Crippen LogP contribution in [-0.4, -0.2) is 44.4 Å². The summed E-state index contributed by atoms with van der Waals surface area (Å²) in [7, 11) is -1.43. The third-order valence-electron chi connectivity index (χ3n) is 4.20. The number of urea groups is 1. The molecule has 2 unspecified atom stereocenters. The number of nitrogens with zero attached hydrogens (tertiary/aromatic N) is 1. The summed E-state index contributed by atoms with van der Waals surface area (Å²) >= 11 is 0. The number of nitrogens with one attached hydrogen (secondary N) is 1. The minimum atomic E-state index is -2.97. The molecule has 0 aliphatic carbocycles. The van der Waals surface area contributed by atoms with Crippen LogP contribution >= 0.6 is 0 Å². The molecular weight excluding hydrogens is 326 g/mol. The molecule has 1 aromatic carbocycles. The van der Waals surface area contributed by atoms with E-state index in [1.807, 2.05) is 0 Å². The van der Waals surface area contributed by atoms with E-state index in [1.165, 1.54) is 11.0 Å². The topological polar surface area (TPSA) is 66.5 Å². The maximum absolute atomic E-state index is 13.3. The highest BCUT2D eigenvalue weighted by atomic mass is 32.2. The Morgan fingerprint density at radius 1 is 1.39 bits per heavy atom. The Hall–Kier alpha value is -1.70. The smallest absolute Gasteiger partial charge is 0.317 e. The first-order valence-electron chi connectivity index (χ1n) is 7.35. The van der Waals surface area contributed by atoms with Crippen LogP contribution in [0.2, 0.25) is 0 Å². The van der Waals surface area contributed by atoms with Gasteiger partial charge < -0.3 is 10.2 Å². The zero-order valence-electron chi connectivity index (χ0n) is 13.1. The van der Waals surface area contributed by atoms with Crippen LogP contribution in [0.5, 0.6) is 0 Å². The van der Waals surface area contributed by atoms with Crippen molar-refractivity contribution in [2.75, 3.05) is 25.1 Å². The molecule has 128 valence electrons. The summed E-state index contributed by atoms with van der Waals surface area (Å²) in [5, 5.41) is 2.69. The van der Waals surface area contributed by atoms with Gasteiger partial charge in [0.1, 0.15) is 0 Å². The highest BCUT2D eigenvalue weighted by molar-refractivity contribution is 7.91. The van der Waals surface area contributed by atoms with Crippen molar-refractivity contribution in [2.45, 2.75) is 19.4 Å². The third kappa shape index (κ3) is 4.40. The summed E-state index contributed by atoms with van der Waals surface area (Å²) < 4.78 is 49.0. The number of sulfone groups is 1. The van der Waals surface area contributed by atoms with E-state index < -0.39 is 27.5 Å². The van der Waals surface area contributed by atoms with Gasteiger partial charge >= 0.3 is 6.03 Å². The van der Waals surface area contributed by atoms with Crippen molar-refractivity contribution >= 4 is 15.9 Å². The van der Waals surface area contributed by atoms with Crippen molar-refractivity contribution in [3.05, 3.63) is 35.4 Å². The number of benzene rings is 1. The van der Waals surface area contributed by atoms with Gasteiger partial charge in [0.2, 0.25) is 0 Å². The lowest BCUT2D eigenvalue weighted by atomic mass is 10.1. The van der Waals surface area contributed by atoms with E-state index in [0.29, 0.717) is 12.0 Å². The van der Waals surface area contributed by atoms with Crippen molar-refractivity contribution in [1.82, 2.24) is 10.2 Å². The number of amides is 2. The minimum Gasteiger partial charge on any atom is -0.338 e. The fraction of sp³-hybridized carbons (Fsp3) is 0.533. The molecule has 2 rings (SSSR count). The number of carbonyl (C=O) groups is 1. The summed E-state index contributed by atoms with van der Waals surface area (Å²) in [5.41, 5.74) is 0.477. The number of carbonyl (C=O) groups excluding carboxylic acids is 1. The molecule has 0 radical (unpaired) electrons. The Morgan fingerprint density at radius 2 is 2.09 bits per heavy atom. The van der Waals surface area contributed by atoms with Crippen molar-refractivity contribution < 1.29 is 22.0 Å². The van der Waals surface area contributed by atoms with E-state index >= 15 is 0 Å². The van der Waals surface area contributed by atoms with Crippen LogP contribution in [0, 0.1) is 17.6 Å². The zero-order chi connectivity index (χ0) is 17.2. The van der Waals surface area contributed by atoms with Gasteiger partial charge in [0, 0.05) is 13.6 Å². The lowest BCUT2D eigenvalue weighted by molar-refractivity contribution is 0.193. The van der Waals surface area contributed by atoms with Gasteiger partial charge in [-0.3, -0.25) is 0 Å². The predicted octanol–water partition coefficient (Wildman–Crippen LogP) is 2.10. The van der Waals surface area contributed by atoms with Crippen LogP contribution in [0.15, 0.2) is 18.2 Å². The van der Waals surface area contributed by atoms with E-state index in [-0.39, 0.29) is 30.0 Å². The second-order valence-electron chi connectivity index (χ2n) is 5.92. The molecule has 0 saturated carbocycles. The molecule has 2 amide bonds. The number of halogens is 2. The van der Waals surface area contributed by atoms with Crippen LogP contribution in [0.4, 0.5) is 13.6 Å². The molecule has 1 saturated heterocycles. The van der Waals surface area contributed by atoms with Gasteiger partial charge in [-0.25, -0.2) is 22.0 Å². The molecule has 2 atom stereocenters. The Morgan fingerprint density at radius 3 is 2.65 bits per heavy atom. The van der Waals surface area contributed by atoms with Gasteiger partial charge in [-0.1, -0.05) is 6.07 Å². The van der Waals surface area contributed by atoms with E-state index in [9.17, 15) is 22.0 Å². The van der Waals surface area contributed by atoms with Crippen LogP contribution < -0.4 is 5.32 Å². The Labute approximate surface area is 134 Å². The summed E-state index contributed by atoms with van der Waals surface area (Å²) in [4.78, 5) is 13.5. The molecule has 1 aliphatic heterocycles. The molecule has 1 aliphatic rings. The van der Waals surface area contributed by atoms with Crippen LogP contribution in [-0.2, 0) is 9.84 Å². The van der Waals surface area contributed by atoms with E-state index in [2.05, 4.69) is 5.32 Å². The van der Waals surface area contributed by atoms with Crippen molar-refractivity contribution in [3.63, 3.8) is 0 Å². The zero-order valence-corrected chi connectivity index (χ0v) is 13.9. The average Bonchev–Trinajstić information content (AvgIpc) is 2.85. The maximum Gasteiger partial charge on any atom is 0.317 e. The summed E-state index contributed by atoms with van der Waals surface area (Å²) in [5.74, 6) is -1.71. The SMILES string of the molecule is CC(c1ccc(F)c(F)c1)N(C)C(=O)NCC1CCS(=O)(=O)C1. The summed E-state index contributed by atoms with van der Waals surface area (Å²) in [6.45, 7) is 1.99. The second-order valence-corrected chi connectivity index (χ2v) is 8.14. The van der Waals surface area contributed by atoms with Crippen LogP contribution in [0.3, 0.4) is 0 Å². The Balaban J connectivity index is 1.92. The van der Waals surface area contributed by atoms with E-state index in [1.54, 1.807) is 14.0 Å². The van der Waals surface area contributed by atoms with Crippen molar-refractivity contribution in [2.24, 2.45) is 5.92 Å². The summed E-state index contributed by atoms with van der Waals surface area (Å²) in [6.07, 6.45) is 0.547. The van der Waals surface area contributed by atoms with Crippen molar-refractivity contribution in [1.29, 1.82) is 0 Å². The highest BCUT2D eigenvalue weighted by Crippen LogP contribution is 2.21. The molecule has 1 heterocycles. The second kappa shape index (κ2) is 6.82. The maximum atomic E-state index is 13.3. The molecular formula is C15H20F2N2O3S. The van der Waals surface area contributed by atoms with Gasteiger partial charge in [0.25, 0.3) is 0 Å². The molecule has 0 bridgehead atoms. The normalized spacial score (nSPS) is 21.0. The molecule has 1 N–H and O–H groups in total. The average molecular weight is 346 g/mol. The standard InChI is InChI=1S/C15H20F2N2O3S/c1-10(12-3-4-13(16)14(17)7-12)19(2)15(20)18-8-11-5-6-23(21,22)9-11/h3-4,7,10-11H,5-6,8-9H2,1-2H3,(H,18,20). The van der Waals surface area contributed by atoms with Gasteiger partial charge in [0.15, 0.2) is 21.5 Å². The van der Waals surface area contributed by atoms with Gasteiger partial charge in [-0.15, -0.1) is 0 Å². The fourth-order valence-corrected chi connectivity index (χ4v) is 4.42. The molecule has 1 aromatic rings. The van der Waals surface area contributed by atoms with Crippen molar-refractivity contribution in [3.8, 4) is 0 Å². The first-order valence-corrected chi connectivity index (χ1v) is 9.18.